The Balaban J connectivity index is 2.47. The molecule has 0 amide bonds. The van der Waals surface area contributed by atoms with Gasteiger partial charge in [0.1, 0.15) is 0 Å². The number of hydrogen-bond donors (Lipinski definition) is 1. The summed E-state index contributed by atoms with van der Waals surface area (Å²) < 4.78 is 0. The second-order valence-electron chi connectivity index (χ2n) is 5.49. The predicted octanol–water partition coefficient (Wildman–Crippen LogP) is 4.04. The molecule has 0 aromatic heterocycles. The summed E-state index contributed by atoms with van der Waals surface area (Å²) in [6, 6.07) is 5.45. The fraction of sp³-hybridized carbons (Fsp3) is 0.647. The molecule has 0 bridgehead atoms. The first kappa shape index (κ1) is 13.6. The molecule has 0 spiro atoms. The maximum Gasteiger partial charge on any atom is 0.0351 e. The fourth-order valence-corrected chi connectivity index (χ4v) is 3.08. The Morgan fingerprint density at radius 3 is 1.94 bits per heavy atom. The van der Waals surface area contributed by atoms with E-state index in [1.165, 1.54) is 18.4 Å². The van der Waals surface area contributed by atoms with Crippen molar-refractivity contribution in [3.8, 4) is 0 Å². The summed E-state index contributed by atoms with van der Waals surface area (Å²) in [5, 5.41) is 3.57. The van der Waals surface area contributed by atoms with Gasteiger partial charge in [-0.2, -0.15) is 0 Å². The molecule has 0 heterocycles. The lowest BCUT2D eigenvalue weighted by atomic mass is 9.87. The van der Waals surface area contributed by atoms with E-state index in [0.717, 1.165) is 25.2 Å². The molecule has 1 fully saturated rings. The molecule has 1 aliphatic carbocycles. The van der Waals surface area contributed by atoms with E-state index in [1.54, 1.807) is 16.7 Å². The van der Waals surface area contributed by atoms with Gasteiger partial charge in [-0.15, -0.1) is 0 Å². The van der Waals surface area contributed by atoms with Crippen LogP contribution in [0.3, 0.4) is 0 Å². The van der Waals surface area contributed by atoms with Crippen molar-refractivity contribution in [3.05, 3.63) is 34.4 Å². The third kappa shape index (κ3) is 2.61. The van der Waals surface area contributed by atoms with Crippen LogP contribution in [0.15, 0.2) is 12.1 Å². The molecule has 1 aromatic rings. The van der Waals surface area contributed by atoms with Gasteiger partial charge in [-0.05, 0) is 67.3 Å². The van der Waals surface area contributed by atoms with Crippen molar-refractivity contribution >= 4 is 0 Å². The highest BCUT2D eigenvalue weighted by Crippen LogP contribution is 2.43. The van der Waals surface area contributed by atoms with E-state index in [4.69, 9.17) is 0 Å². The third-order valence-electron chi connectivity index (χ3n) is 4.30. The maximum atomic E-state index is 3.57. The zero-order chi connectivity index (χ0) is 13.1. The summed E-state index contributed by atoms with van der Waals surface area (Å²) in [5.74, 6) is 0.873. The van der Waals surface area contributed by atoms with Gasteiger partial charge < -0.3 is 5.32 Å². The molecule has 1 heteroatoms. The van der Waals surface area contributed by atoms with Gasteiger partial charge in [0.25, 0.3) is 0 Å². The van der Waals surface area contributed by atoms with Crippen molar-refractivity contribution < 1.29 is 0 Å². The molecule has 100 valence electrons. The van der Waals surface area contributed by atoms with Crippen LogP contribution in [0.25, 0.3) is 0 Å². The van der Waals surface area contributed by atoms with Crippen molar-refractivity contribution in [1.29, 1.82) is 0 Å². The van der Waals surface area contributed by atoms with Crippen molar-refractivity contribution in [2.24, 2.45) is 5.92 Å². The maximum absolute atomic E-state index is 3.57. The van der Waals surface area contributed by atoms with E-state index in [1.807, 2.05) is 0 Å². The van der Waals surface area contributed by atoms with Crippen LogP contribution in [0.5, 0.6) is 0 Å². The van der Waals surface area contributed by atoms with Crippen LogP contribution in [0.2, 0.25) is 0 Å². The molecule has 1 saturated carbocycles. The monoisotopic (exact) mass is 245 g/mol. The van der Waals surface area contributed by atoms with E-state index in [2.05, 4.69) is 45.3 Å². The molecule has 18 heavy (non-hydrogen) atoms. The molecule has 1 aliphatic rings. The van der Waals surface area contributed by atoms with Crippen LogP contribution in [-0.4, -0.2) is 7.05 Å². The van der Waals surface area contributed by atoms with Gasteiger partial charge in [0, 0.05) is 6.04 Å². The number of nitrogens with one attached hydrogen (secondary N) is 1. The minimum absolute atomic E-state index is 0.584. The van der Waals surface area contributed by atoms with E-state index in [-0.39, 0.29) is 0 Å². The summed E-state index contributed by atoms with van der Waals surface area (Å²) in [5.41, 5.74) is 6.25. The Hall–Kier alpha value is -0.820. The Morgan fingerprint density at radius 2 is 1.61 bits per heavy atom. The fourth-order valence-electron chi connectivity index (χ4n) is 3.08. The zero-order valence-electron chi connectivity index (χ0n) is 12.3. The van der Waals surface area contributed by atoms with E-state index < -0.39 is 0 Å². The molecule has 1 aromatic carbocycles. The Kier molecular flexibility index (Phi) is 4.45. The summed E-state index contributed by atoms with van der Waals surface area (Å²) in [4.78, 5) is 0. The summed E-state index contributed by atoms with van der Waals surface area (Å²) in [6.45, 7) is 6.83. The van der Waals surface area contributed by atoms with Gasteiger partial charge >= 0.3 is 0 Å². The van der Waals surface area contributed by atoms with E-state index in [9.17, 15) is 0 Å². The predicted molar refractivity (Wildman–Crippen MR) is 79.1 cm³/mol. The average Bonchev–Trinajstić information content (AvgIpc) is 3.24. The second-order valence-corrected chi connectivity index (χ2v) is 5.49. The molecular formula is C17H27N. The number of hydrogen-bond acceptors (Lipinski definition) is 1. The first-order valence-electron chi connectivity index (χ1n) is 7.56. The smallest absolute Gasteiger partial charge is 0.0351 e. The SMILES string of the molecule is CCc1cc(CC)c(C(NC)C2CC2)c(CC)c1. The average molecular weight is 245 g/mol. The van der Waals surface area contributed by atoms with Crippen LogP contribution in [0.1, 0.15) is 61.9 Å². The second kappa shape index (κ2) is 5.88. The molecule has 2 rings (SSSR count). The highest BCUT2D eigenvalue weighted by Gasteiger charge is 2.33. The highest BCUT2D eigenvalue weighted by molar-refractivity contribution is 5.42. The number of benzene rings is 1. The number of aryl methyl sites for hydroxylation is 3. The van der Waals surface area contributed by atoms with Crippen LogP contribution < -0.4 is 5.32 Å². The number of rotatable bonds is 6. The zero-order valence-corrected chi connectivity index (χ0v) is 12.3. The third-order valence-corrected chi connectivity index (χ3v) is 4.30. The lowest BCUT2D eigenvalue weighted by Crippen LogP contribution is -2.21. The van der Waals surface area contributed by atoms with Crippen LogP contribution in [-0.2, 0) is 19.3 Å². The van der Waals surface area contributed by atoms with Crippen molar-refractivity contribution in [3.63, 3.8) is 0 Å². The molecule has 0 saturated heterocycles. The lowest BCUT2D eigenvalue weighted by molar-refractivity contribution is 0.520. The largest absolute Gasteiger partial charge is 0.313 e. The summed E-state index contributed by atoms with van der Waals surface area (Å²) in [7, 11) is 2.12. The molecule has 1 atom stereocenters. The van der Waals surface area contributed by atoms with Gasteiger partial charge in [0.2, 0.25) is 0 Å². The van der Waals surface area contributed by atoms with E-state index >= 15 is 0 Å². The van der Waals surface area contributed by atoms with Crippen molar-refractivity contribution in [2.45, 2.75) is 58.9 Å². The van der Waals surface area contributed by atoms with Crippen LogP contribution >= 0.6 is 0 Å². The molecule has 0 radical (unpaired) electrons. The van der Waals surface area contributed by atoms with E-state index in [0.29, 0.717) is 6.04 Å². The standard InChI is InChI=1S/C17H27N/c1-5-12-10-13(6-2)16(14(7-3)11-12)17(18-4)15-8-9-15/h10-11,15,17-18H,5-9H2,1-4H3. The van der Waals surface area contributed by atoms with Crippen LogP contribution in [0.4, 0.5) is 0 Å². The van der Waals surface area contributed by atoms with Gasteiger partial charge in [0.05, 0.1) is 0 Å². The van der Waals surface area contributed by atoms with Gasteiger partial charge in [-0.1, -0.05) is 32.9 Å². The summed E-state index contributed by atoms with van der Waals surface area (Å²) >= 11 is 0. The molecule has 1 unspecified atom stereocenters. The van der Waals surface area contributed by atoms with Crippen molar-refractivity contribution in [1.82, 2.24) is 5.32 Å². The minimum atomic E-state index is 0.584. The first-order valence-corrected chi connectivity index (χ1v) is 7.56. The van der Waals surface area contributed by atoms with Crippen LogP contribution in [0, 0.1) is 5.92 Å². The highest BCUT2D eigenvalue weighted by atomic mass is 14.9. The van der Waals surface area contributed by atoms with Gasteiger partial charge in [-0.3, -0.25) is 0 Å². The topological polar surface area (TPSA) is 12.0 Å². The first-order chi connectivity index (χ1) is 8.74. The normalized spacial score (nSPS) is 16.9. The van der Waals surface area contributed by atoms with Gasteiger partial charge in [0.15, 0.2) is 0 Å². The molecular weight excluding hydrogens is 218 g/mol. The Morgan fingerprint density at radius 1 is 1.06 bits per heavy atom. The molecule has 1 nitrogen and oxygen atoms in total. The quantitative estimate of drug-likeness (QED) is 0.797. The summed E-state index contributed by atoms with van der Waals surface area (Å²) in [6.07, 6.45) is 6.25. The van der Waals surface area contributed by atoms with Crippen molar-refractivity contribution in [2.75, 3.05) is 7.05 Å². The molecule has 1 N–H and O–H groups in total. The Labute approximate surface area is 112 Å². The van der Waals surface area contributed by atoms with Gasteiger partial charge in [-0.25, -0.2) is 0 Å². The molecule has 0 aliphatic heterocycles. The Bertz CT molecular complexity index is 379. The minimum Gasteiger partial charge on any atom is -0.313 e. The lowest BCUT2D eigenvalue weighted by Gasteiger charge is -2.24.